The first-order chi connectivity index (χ1) is 8.27. The van der Waals surface area contributed by atoms with Crippen LogP contribution < -0.4 is 0 Å². The van der Waals surface area contributed by atoms with E-state index in [0.717, 1.165) is 30.8 Å². The molecule has 1 heterocycles. The molecule has 1 fully saturated rings. The van der Waals surface area contributed by atoms with Crippen molar-refractivity contribution < 1.29 is 4.79 Å². The Labute approximate surface area is 102 Å². The number of hydrogen-bond donors (Lipinski definition) is 0. The van der Waals surface area contributed by atoms with E-state index in [2.05, 4.69) is 18.0 Å². The molecular formula is C14H18N2O. The van der Waals surface area contributed by atoms with E-state index in [4.69, 9.17) is 0 Å². The van der Waals surface area contributed by atoms with Crippen LogP contribution in [0.5, 0.6) is 0 Å². The molecule has 2 rings (SSSR count). The predicted molar refractivity (Wildman–Crippen MR) is 69.2 cm³/mol. The minimum Gasteiger partial charge on any atom is -0.297 e. The van der Waals surface area contributed by atoms with E-state index in [0.29, 0.717) is 6.42 Å². The van der Waals surface area contributed by atoms with Crippen LogP contribution >= 0.6 is 0 Å². The molecule has 0 aliphatic carbocycles. The molecule has 90 valence electrons. The number of aliphatic imine (C=N–C) groups is 1. The summed E-state index contributed by atoms with van der Waals surface area (Å²) in [5.41, 5.74) is 2.33. The maximum atomic E-state index is 11.8. The molecule has 0 unspecified atom stereocenters. The minimum atomic E-state index is 0.191. The van der Waals surface area contributed by atoms with Crippen LogP contribution in [0.15, 0.2) is 29.3 Å². The van der Waals surface area contributed by atoms with Gasteiger partial charge < -0.3 is 0 Å². The zero-order chi connectivity index (χ0) is 12.3. The molecule has 3 nitrogen and oxygen atoms in total. The Morgan fingerprint density at radius 2 is 2.18 bits per heavy atom. The molecule has 0 radical (unpaired) electrons. The Balaban J connectivity index is 2.39. The summed E-state index contributed by atoms with van der Waals surface area (Å²) in [7, 11) is 1.76. The van der Waals surface area contributed by atoms with Gasteiger partial charge in [0.05, 0.1) is 0 Å². The SMILES string of the molecule is CCc1ccccc1/C(=N\C)N1CCCC1=O. The molecule has 17 heavy (non-hydrogen) atoms. The van der Waals surface area contributed by atoms with Gasteiger partial charge in [-0.2, -0.15) is 0 Å². The molecule has 1 aliphatic heterocycles. The molecule has 1 aliphatic rings. The summed E-state index contributed by atoms with van der Waals surface area (Å²) in [5.74, 6) is 1.02. The van der Waals surface area contributed by atoms with Gasteiger partial charge in [-0.05, 0) is 18.4 Å². The standard InChI is InChI=1S/C14H18N2O/c1-3-11-7-4-5-8-12(11)14(15-2)16-10-6-9-13(16)17/h4-5,7-8H,3,6,9-10H2,1-2H3/b15-14+. The Kier molecular flexibility index (Phi) is 3.57. The van der Waals surface area contributed by atoms with Crippen LogP contribution in [-0.2, 0) is 11.2 Å². The highest BCUT2D eigenvalue weighted by Crippen LogP contribution is 2.18. The molecule has 0 atom stereocenters. The van der Waals surface area contributed by atoms with Crippen molar-refractivity contribution in [2.24, 2.45) is 4.99 Å². The van der Waals surface area contributed by atoms with Crippen LogP contribution in [-0.4, -0.2) is 30.2 Å². The number of likely N-dealkylation sites (tertiary alicyclic amines) is 1. The summed E-state index contributed by atoms with van der Waals surface area (Å²) >= 11 is 0. The Morgan fingerprint density at radius 3 is 2.76 bits per heavy atom. The van der Waals surface area contributed by atoms with Crippen LogP contribution in [0.4, 0.5) is 0 Å². The van der Waals surface area contributed by atoms with Crippen molar-refractivity contribution in [1.29, 1.82) is 0 Å². The second-order valence-corrected chi connectivity index (χ2v) is 4.21. The van der Waals surface area contributed by atoms with Gasteiger partial charge in [0.2, 0.25) is 5.91 Å². The summed E-state index contributed by atoms with van der Waals surface area (Å²) in [6.07, 6.45) is 2.54. The van der Waals surface area contributed by atoms with Gasteiger partial charge in [0, 0.05) is 25.6 Å². The maximum Gasteiger partial charge on any atom is 0.228 e. The lowest BCUT2D eigenvalue weighted by Gasteiger charge is -2.20. The lowest BCUT2D eigenvalue weighted by Crippen LogP contribution is -2.33. The summed E-state index contributed by atoms with van der Waals surface area (Å²) in [6.45, 7) is 2.92. The summed E-state index contributed by atoms with van der Waals surface area (Å²) < 4.78 is 0. The molecule has 0 spiro atoms. The summed E-state index contributed by atoms with van der Waals surface area (Å²) in [6, 6.07) is 8.18. The van der Waals surface area contributed by atoms with Crippen molar-refractivity contribution in [3.8, 4) is 0 Å². The molecular weight excluding hydrogens is 212 g/mol. The first-order valence-electron chi connectivity index (χ1n) is 6.13. The van der Waals surface area contributed by atoms with Gasteiger partial charge in [-0.15, -0.1) is 0 Å². The zero-order valence-corrected chi connectivity index (χ0v) is 10.4. The maximum absolute atomic E-state index is 11.8. The highest BCUT2D eigenvalue weighted by molar-refractivity contribution is 6.09. The Hall–Kier alpha value is -1.64. The van der Waals surface area contributed by atoms with Gasteiger partial charge in [0.15, 0.2) is 0 Å². The highest BCUT2D eigenvalue weighted by atomic mass is 16.2. The van der Waals surface area contributed by atoms with Crippen molar-refractivity contribution in [3.63, 3.8) is 0 Å². The number of aryl methyl sites for hydroxylation is 1. The largest absolute Gasteiger partial charge is 0.297 e. The fourth-order valence-electron chi connectivity index (χ4n) is 2.31. The molecule has 0 saturated carbocycles. The molecule has 0 aromatic heterocycles. The summed E-state index contributed by atoms with van der Waals surface area (Å²) in [5, 5.41) is 0. The first-order valence-corrected chi connectivity index (χ1v) is 6.13. The molecule has 3 heteroatoms. The van der Waals surface area contributed by atoms with E-state index in [1.165, 1.54) is 5.56 Å². The molecule has 1 saturated heterocycles. The van der Waals surface area contributed by atoms with Gasteiger partial charge in [-0.25, -0.2) is 0 Å². The van der Waals surface area contributed by atoms with E-state index in [9.17, 15) is 4.79 Å². The third-order valence-corrected chi connectivity index (χ3v) is 3.18. The highest BCUT2D eigenvalue weighted by Gasteiger charge is 2.26. The van der Waals surface area contributed by atoms with Gasteiger partial charge in [-0.3, -0.25) is 14.7 Å². The monoisotopic (exact) mass is 230 g/mol. The lowest BCUT2D eigenvalue weighted by atomic mass is 10.0. The number of carbonyl (C=O) groups is 1. The smallest absolute Gasteiger partial charge is 0.228 e. The number of rotatable bonds is 2. The quantitative estimate of drug-likeness (QED) is 0.566. The number of carbonyl (C=O) groups excluding carboxylic acids is 1. The van der Waals surface area contributed by atoms with Gasteiger partial charge >= 0.3 is 0 Å². The molecule has 1 aromatic carbocycles. The van der Waals surface area contributed by atoms with Crippen LogP contribution in [0.2, 0.25) is 0 Å². The fourth-order valence-corrected chi connectivity index (χ4v) is 2.31. The fraction of sp³-hybridized carbons (Fsp3) is 0.429. The number of amides is 1. The molecule has 0 N–H and O–H groups in total. The van der Waals surface area contributed by atoms with Crippen molar-refractivity contribution in [1.82, 2.24) is 4.90 Å². The third-order valence-electron chi connectivity index (χ3n) is 3.18. The lowest BCUT2D eigenvalue weighted by molar-refractivity contribution is -0.124. The van der Waals surface area contributed by atoms with Crippen molar-refractivity contribution in [3.05, 3.63) is 35.4 Å². The van der Waals surface area contributed by atoms with E-state index < -0.39 is 0 Å². The third kappa shape index (κ3) is 2.23. The van der Waals surface area contributed by atoms with Crippen molar-refractivity contribution in [2.75, 3.05) is 13.6 Å². The topological polar surface area (TPSA) is 32.7 Å². The Bertz CT molecular complexity index is 451. The minimum absolute atomic E-state index is 0.191. The van der Waals surface area contributed by atoms with E-state index in [1.807, 2.05) is 23.1 Å². The second kappa shape index (κ2) is 5.13. The van der Waals surface area contributed by atoms with E-state index >= 15 is 0 Å². The van der Waals surface area contributed by atoms with E-state index in [1.54, 1.807) is 7.05 Å². The normalized spacial score (nSPS) is 16.7. The van der Waals surface area contributed by atoms with E-state index in [-0.39, 0.29) is 5.91 Å². The van der Waals surface area contributed by atoms with Crippen LogP contribution in [0.25, 0.3) is 0 Å². The Morgan fingerprint density at radius 1 is 1.41 bits per heavy atom. The number of benzene rings is 1. The van der Waals surface area contributed by atoms with Crippen molar-refractivity contribution in [2.45, 2.75) is 26.2 Å². The zero-order valence-electron chi connectivity index (χ0n) is 10.4. The molecule has 0 bridgehead atoms. The second-order valence-electron chi connectivity index (χ2n) is 4.21. The molecule has 1 amide bonds. The van der Waals surface area contributed by atoms with Crippen LogP contribution in [0.3, 0.4) is 0 Å². The van der Waals surface area contributed by atoms with Gasteiger partial charge in [0.1, 0.15) is 5.84 Å². The average molecular weight is 230 g/mol. The van der Waals surface area contributed by atoms with Crippen molar-refractivity contribution >= 4 is 11.7 Å². The number of hydrogen-bond acceptors (Lipinski definition) is 2. The summed E-state index contributed by atoms with van der Waals surface area (Å²) in [4.78, 5) is 17.9. The van der Waals surface area contributed by atoms with Crippen LogP contribution in [0.1, 0.15) is 30.9 Å². The van der Waals surface area contributed by atoms with Gasteiger partial charge in [0.25, 0.3) is 0 Å². The molecule has 1 aromatic rings. The number of nitrogens with zero attached hydrogens (tertiary/aromatic N) is 2. The number of amidine groups is 1. The average Bonchev–Trinajstić information content (AvgIpc) is 2.78. The predicted octanol–water partition coefficient (Wildman–Crippen LogP) is 2.25. The first kappa shape index (κ1) is 11.8. The van der Waals surface area contributed by atoms with Gasteiger partial charge in [-0.1, -0.05) is 31.2 Å². The van der Waals surface area contributed by atoms with Crippen LogP contribution in [0, 0.1) is 0 Å².